The second-order valence-electron chi connectivity index (χ2n) is 4.83. The Morgan fingerprint density at radius 3 is 2.65 bits per heavy atom. The summed E-state index contributed by atoms with van der Waals surface area (Å²) in [5.74, 6) is -0.665. The summed E-state index contributed by atoms with van der Waals surface area (Å²) in [6.45, 7) is 5.05. The Hall–Kier alpha value is -1.10. The molecule has 5 nitrogen and oxygen atoms in total. The number of ether oxygens (including phenoxy) is 2. The van der Waals surface area contributed by atoms with E-state index < -0.39 is 5.54 Å². The van der Waals surface area contributed by atoms with Crippen LogP contribution in [0.4, 0.5) is 0 Å². The van der Waals surface area contributed by atoms with E-state index in [2.05, 4.69) is 0 Å². The summed E-state index contributed by atoms with van der Waals surface area (Å²) in [6.07, 6.45) is 1.02. The van der Waals surface area contributed by atoms with Gasteiger partial charge in [0.25, 0.3) is 0 Å². The van der Waals surface area contributed by atoms with Crippen molar-refractivity contribution >= 4 is 11.9 Å². The maximum Gasteiger partial charge on any atom is 0.311 e. The Kier molecular flexibility index (Phi) is 4.51. The van der Waals surface area contributed by atoms with Gasteiger partial charge in [0.05, 0.1) is 18.6 Å². The average Bonchev–Trinajstić information content (AvgIpc) is 2.51. The minimum atomic E-state index is -0.474. The molecule has 98 valence electrons. The normalized spacial score (nSPS) is 22.9. The Bertz CT molecular complexity index is 301. The Morgan fingerprint density at radius 2 is 2.12 bits per heavy atom. The molecule has 1 saturated heterocycles. The standard InChI is InChI=1S/C12H21NO4/c1-12(2)9(11(15)17-4)8-10(14)13(12)6-5-7-16-3/h9H,5-8H2,1-4H3. The smallest absolute Gasteiger partial charge is 0.311 e. The van der Waals surface area contributed by atoms with Crippen LogP contribution in [0, 0.1) is 5.92 Å². The molecule has 1 unspecified atom stereocenters. The molecule has 0 spiro atoms. The number of hydrogen-bond donors (Lipinski definition) is 0. The van der Waals surface area contributed by atoms with Crippen LogP contribution in [0.25, 0.3) is 0 Å². The Labute approximate surface area is 102 Å². The summed E-state index contributed by atoms with van der Waals surface area (Å²) >= 11 is 0. The first-order valence-corrected chi connectivity index (χ1v) is 5.82. The predicted octanol–water partition coefficient (Wildman–Crippen LogP) is 0.823. The third-order valence-electron chi connectivity index (χ3n) is 3.44. The third kappa shape index (κ3) is 2.77. The van der Waals surface area contributed by atoms with Crippen LogP contribution in [0.3, 0.4) is 0 Å². The number of likely N-dealkylation sites (tertiary alicyclic amines) is 1. The third-order valence-corrected chi connectivity index (χ3v) is 3.44. The lowest BCUT2D eigenvalue weighted by Gasteiger charge is -2.34. The first-order chi connectivity index (χ1) is 7.95. The van der Waals surface area contributed by atoms with Crippen LogP contribution < -0.4 is 0 Å². The van der Waals surface area contributed by atoms with Crippen LogP contribution in [-0.2, 0) is 19.1 Å². The van der Waals surface area contributed by atoms with Crippen molar-refractivity contribution in [3.8, 4) is 0 Å². The molecule has 0 radical (unpaired) electrons. The molecule has 0 bridgehead atoms. The fourth-order valence-corrected chi connectivity index (χ4v) is 2.34. The summed E-state index contributed by atoms with van der Waals surface area (Å²) in [5.41, 5.74) is -0.474. The molecule has 0 aromatic rings. The number of esters is 1. The number of carbonyl (C=O) groups excluding carboxylic acids is 2. The van der Waals surface area contributed by atoms with Crippen molar-refractivity contribution in [1.29, 1.82) is 0 Å². The van der Waals surface area contributed by atoms with E-state index in [0.717, 1.165) is 6.42 Å². The first kappa shape index (κ1) is 14.0. The maximum absolute atomic E-state index is 11.9. The van der Waals surface area contributed by atoms with Gasteiger partial charge in [-0.15, -0.1) is 0 Å². The van der Waals surface area contributed by atoms with Gasteiger partial charge in [-0.1, -0.05) is 0 Å². The molecular weight excluding hydrogens is 222 g/mol. The van der Waals surface area contributed by atoms with Crippen LogP contribution >= 0.6 is 0 Å². The number of hydrogen-bond acceptors (Lipinski definition) is 4. The minimum absolute atomic E-state index is 0.0153. The summed E-state index contributed by atoms with van der Waals surface area (Å²) in [7, 11) is 2.99. The van der Waals surface area contributed by atoms with Gasteiger partial charge in [-0.25, -0.2) is 0 Å². The highest BCUT2D eigenvalue weighted by Crippen LogP contribution is 2.36. The molecule has 17 heavy (non-hydrogen) atoms. The molecule has 0 aromatic carbocycles. The fourth-order valence-electron chi connectivity index (χ4n) is 2.34. The van der Waals surface area contributed by atoms with E-state index in [0.29, 0.717) is 13.2 Å². The highest BCUT2D eigenvalue weighted by Gasteiger charge is 2.49. The molecule has 1 aliphatic rings. The molecule has 1 aliphatic heterocycles. The SMILES string of the molecule is COCCCN1C(=O)CC(C(=O)OC)C1(C)C. The molecule has 1 fully saturated rings. The van der Waals surface area contributed by atoms with Crippen molar-refractivity contribution in [2.24, 2.45) is 5.92 Å². The van der Waals surface area contributed by atoms with Crippen molar-refractivity contribution in [3.63, 3.8) is 0 Å². The number of nitrogens with zero attached hydrogens (tertiary/aromatic N) is 1. The van der Waals surface area contributed by atoms with Gasteiger partial charge in [0.2, 0.25) is 5.91 Å². The van der Waals surface area contributed by atoms with Crippen molar-refractivity contribution in [3.05, 3.63) is 0 Å². The molecular formula is C12H21NO4. The number of rotatable bonds is 5. The van der Waals surface area contributed by atoms with E-state index >= 15 is 0 Å². The molecule has 0 N–H and O–H groups in total. The van der Waals surface area contributed by atoms with E-state index in [-0.39, 0.29) is 24.2 Å². The van der Waals surface area contributed by atoms with Crippen LogP contribution in [0.5, 0.6) is 0 Å². The summed E-state index contributed by atoms with van der Waals surface area (Å²) < 4.78 is 9.72. The van der Waals surface area contributed by atoms with Gasteiger partial charge in [0, 0.05) is 26.7 Å². The van der Waals surface area contributed by atoms with Gasteiger partial charge in [-0.05, 0) is 20.3 Å². The van der Waals surface area contributed by atoms with Crippen LogP contribution in [0.1, 0.15) is 26.7 Å². The molecule has 5 heteroatoms. The van der Waals surface area contributed by atoms with E-state index in [9.17, 15) is 9.59 Å². The lowest BCUT2D eigenvalue weighted by molar-refractivity contribution is -0.148. The minimum Gasteiger partial charge on any atom is -0.469 e. The molecule has 0 saturated carbocycles. The highest BCUT2D eigenvalue weighted by atomic mass is 16.5. The first-order valence-electron chi connectivity index (χ1n) is 5.82. The maximum atomic E-state index is 11.9. The van der Waals surface area contributed by atoms with E-state index in [1.807, 2.05) is 13.8 Å². The zero-order valence-electron chi connectivity index (χ0n) is 11.0. The monoisotopic (exact) mass is 243 g/mol. The lowest BCUT2D eigenvalue weighted by atomic mass is 9.88. The van der Waals surface area contributed by atoms with Crippen LogP contribution in [0.2, 0.25) is 0 Å². The zero-order chi connectivity index (χ0) is 13.1. The van der Waals surface area contributed by atoms with Crippen molar-refractivity contribution in [2.75, 3.05) is 27.4 Å². The lowest BCUT2D eigenvalue weighted by Crippen LogP contribution is -2.47. The van der Waals surface area contributed by atoms with Crippen LogP contribution in [0.15, 0.2) is 0 Å². The zero-order valence-corrected chi connectivity index (χ0v) is 11.0. The number of amides is 1. The second kappa shape index (κ2) is 5.49. The van der Waals surface area contributed by atoms with Gasteiger partial charge in [0.1, 0.15) is 0 Å². The van der Waals surface area contributed by atoms with Crippen molar-refractivity contribution in [1.82, 2.24) is 4.90 Å². The van der Waals surface area contributed by atoms with Crippen molar-refractivity contribution < 1.29 is 19.1 Å². The predicted molar refractivity (Wildman–Crippen MR) is 62.4 cm³/mol. The van der Waals surface area contributed by atoms with E-state index in [1.54, 1.807) is 12.0 Å². The summed E-state index contributed by atoms with van der Waals surface area (Å²) in [5, 5.41) is 0. The Morgan fingerprint density at radius 1 is 1.47 bits per heavy atom. The quantitative estimate of drug-likeness (QED) is 0.530. The fraction of sp³-hybridized carbons (Fsp3) is 0.833. The summed E-state index contributed by atoms with van der Waals surface area (Å²) in [4.78, 5) is 25.3. The van der Waals surface area contributed by atoms with E-state index in [1.165, 1.54) is 7.11 Å². The average molecular weight is 243 g/mol. The number of carbonyl (C=O) groups is 2. The van der Waals surface area contributed by atoms with Gasteiger partial charge >= 0.3 is 5.97 Å². The summed E-state index contributed by atoms with van der Waals surface area (Å²) in [6, 6.07) is 0. The molecule has 0 aliphatic carbocycles. The van der Waals surface area contributed by atoms with E-state index in [4.69, 9.17) is 9.47 Å². The second-order valence-corrected chi connectivity index (χ2v) is 4.83. The largest absolute Gasteiger partial charge is 0.469 e. The molecule has 0 aromatic heterocycles. The van der Waals surface area contributed by atoms with Gasteiger partial charge in [-0.2, -0.15) is 0 Å². The van der Waals surface area contributed by atoms with Gasteiger partial charge in [-0.3, -0.25) is 9.59 Å². The molecule has 1 rings (SSSR count). The molecule has 1 amide bonds. The van der Waals surface area contributed by atoms with Crippen LogP contribution in [-0.4, -0.2) is 49.7 Å². The highest BCUT2D eigenvalue weighted by molar-refractivity contribution is 5.88. The molecule has 1 heterocycles. The van der Waals surface area contributed by atoms with Gasteiger partial charge < -0.3 is 14.4 Å². The Balaban J connectivity index is 2.72. The topological polar surface area (TPSA) is 55.8 Å². The van der Waals surface area contributed by atoms with Gasteiger partial charge in [0.15, 0.2) is 0 Å². The van der Waals surface area contributed by atoms with Crippen molar-refractivity contribution in [2.45, 2.75) is 32.2 Å². The molecule has 1 atom stereocenters. The number of methoxy groups -OCH3 is 2.